The van der Waals surface area contributed by atoms with Crippen LogP contribution in [0.2, 0.25) is 0 Å². The summed E-state index contributed by atoms with van der Waals surface area (Å²) in [5, 5.41) is 0. The topological polar surface area (TPSA) is 49.8 Å². The number of hydrogen-bond donors (Lipinski definition) is 1. The second-order valence-electron chi connectivity index (χ2n) is 2.55. The van der Waals surface area contributed by atoms with Crippen LogP contribution in [-0.2, 0) is 21.1 Å². The zero-order valence-electron chi connectivity index (χ0n) is 5.38. The minimum Gasteiger partial charge on any atom is -0.673 e. The molecule has 0 aromatic rings. The monoisotopic (exact) mass is 308 g/mol. The third-order valence-corrected chi connectivity index (χ3v) is 1.82. The van der Waals surface area contributed by atoms with Crippen molar-refractivity contribution < 1.29 is 21.1 Å². The summed E-state index contributed by atoms with van der Waals surface area (Å²) in [6.07, 6.45) is 4.52. The van der Waals surface area contributed by atoms with E-state index in [9.17, 15) is 0 Å². The quantitative estimate of drug-likeness (QED) is 0.721. The van der Waals surface area contributed by atoms with E-state index < -0.39 is 0 Å². The molecule has 0 aliphatic heterocycles. The molecule has 2 atom stereocenters. The number of nitrogens with two attached hydrogens (primary N) is 1. The van der Waals surface area contributed by atoms with Crippen LogP contribution in [0.25, 0.3) is 5.73 Å². The van der Waals surface area contributed by atoms with Crippen molar-refractivity contribution in [1.29, 1.82) is 0 Å². The van der Waals surface area contributed by atoms with Crippen LogP contribution >= 0.6 is 0 Å². The minimum absolute atomic E-state index is 0. The van der Waals surface area contributed by atoms with Gasteiger partial charge in [-0.3, -0.25) is 0 Å². The fraction of sp³-hybridized carbons (Fsp3) is 1.00. The van der Waals surface area contributed by atoms with Gasteiger partial charge in [-0.2, -0.15) is 0 Å². The van der Waals surface area contributed by atoms with Gasteiger partial charge < -0.3 is 11.5 Å². The molecule has 1 aliphatic carbocycles. The van der Waals surface area contributed by atoms with Crippen molar-refractivity contribution in [2.75, 3.05) is 0 Å². The smallest absolute Gasteiger partial charge is 0 e. The first-order chi connectivity index (χ1) is 3.80. The van der Waals surface area contributed by atoms with Crippen LogP contribution in [0.5, 0.6) is 0 Å². The molecule has 0 heterocycles. The van der Waals surface area contributed by atoms with Crippen LogP contribution in [0.1, 0.15) is 25.7 Å². The Labute approximate surface area is 70.6 Å². The third kappa shape index (κ3) is 2.79. The van der Waals surface area contributed by atoms with E-state index in [2.05, 4.69) is 0 Å². The maximum absolute atomic E-state index is 7.35. The van der Waals surface area contributed by atoms with Gasteiger partial charge in [0.2, 0.25) is 0 Å². The summed E-state index contributed by atoms with van der Waals surface area (Å²) in [7, 11) is 0. The molecule has 0 aromatic carbocycles. The fourth-order valence-corrected chi connectivity index (χ4v) is 1.16. The Hall–Kier alpha value is 0.608. The first kappa shape index (κ1) is 9.61. The minimum atomic E-state index is 0. The van der Waals surface area contributed by atoms with Crippen molar-refractivity contribution in [3.63, 3.8) is 0 Å². The van der Waals surface area contributed by atoms with Crippen molar-refractivity contribution >= 4 is 0 Å². The number of nitrogens with one attached hydrogen (secondary N) is 1. The summed E-state index contributed by atoms with van der Waals surface area (Å²) in [4.78, 5) is 0. The van der Waals surface area contributed by atoms with Gasteiger partial charge in [-0.25, -0.2) is 0 Å². The number of rotatable bonds is 0. The normalized spacial score (nSPS) is 35.3. The van der Waals surface area contributed by atoms with E-state index in [-0.39, 0.29) is 33.1 Å². The second-order valence-corrected chi connectivity index (χ2v) is 2.55. The standard InChI is InChI=1S/C6H13N2.Pt/c7-5-3-1-2-4-6(5)8;/h5-7H,1-4,8H2;/q-1;. The molecule has 2 nitrogen and oxygen atoms in total. The van der Waals surface area contributed by atoms with Crippen LogP contribution in [0.4, 0.5) is 0 Å². The molecule has 0 amide bonds. The first-order valence-corrected chi connectivity index (χ1v) is 3.27. The van der Waals surface area contributed by atoms with Crippen LogP contribution < -0.4 is 5.73 Å². The van der Waals surface area contributed by atoms with Crippen molar-refractivity contribution in [2.45, 2.75) is 37.8 Å². The SMILES string of the molecule is [NH-]C1CCCCC1N.[Pt]. The maximum Gasteiger partial charge on any atom is 0 e. The predicted octanol–water partition coefficient (Wildman–Crippen LogP) is 1.31. The van der Waals surface area contributed by atoms with E-state index in [4.69, 9.17) is 11.5 Å². The Morgan fingerprint density at radius 2 is 1.78 bits per heavy atom. The van der Waals surface area contributed by atoms with Gasteiger partial charge in [-0.15, -0.1) is 6.04 Å². The Kier molecular flexibility index (Phi) is 4.73. The molecule has 1 saturated carbocycles. The predicted molar refractivity (Wildman–Crippen MR) is 34.6 cm³/mol. The zero-order valence-corrected chi connectivity index (χ0v) is 7.65. The molecular formula is C6H13N2Pt-. The molecule has 2 unspecified atom stereocenters. The molecular weight excluding hydrogens is 295 g/mol. The Morgan fingerprint density at radius 1 is 1.22 bits per heavy atom. The van der Waals surface area contributed by atoms with Crippen LogP contribution in [-0.4, -0.2) is 12.1 Å². The van der Waals surface area contributed by atoms with E-state index in [0.717, 1.165) is 12.8 Å². The molecule has 0 aromatic heterocycles. The van der Waals surface area contributed by atoms with E-state index in [1.165, 1.54) is 12.8 Å². The van der Waals surface area contributed by atoms with Gasteiger partial charge in [-0.1, -0.05) is 19.3 Å². The van der Waals surface area contributed by atoms with E-state index >= 15 is 0 Å². The summed E-state index contributed by atoms with van der Waals surface area (Å²) in [6, 6.07) is 0.201. The van der Waals surface area contributed by atoms with Gasteiger partial charge in [0.1, 0.15) is 0 Å². The van der Waals surface area contributed by atoms with Gasteiger partial charge in [0, 0.05) is 21.1 Å². The maximum atomic E-state index is 7.35. The molecule has 1 rings (SSSR count). The average molecular weight is 308 g/mol. The van der Waals surface area contributed by atoms with Crippen molar-refractivity contribution in [3.8, 4) is 0 Å². The van der Waals surface area contributed by atoms with Gasteiger partial charge >= 0.3 is 0 Å². The van der Waals surface area contributed by atoms with Crippen LogP contribution in [0.15, 0.2) is 0 Å². The van der Waals surface area contributed by atoms with E-state index in [1.807, 2.05) is 0 Å². The summed E-state index contributed by atoms with van der Waals surface area (Å²) in [5.74, 6) is 0. The van der Waals surface area contributed by atoms with Gasteiger partial charge in [0.25, 0.3) is 0 Å². The largest absolute Gasteiger partial charge is 0.673 e. The van der Waals surface area contributed by atoms with Crippen molar-refractivity contribution in [2.24, 2.45) is 5.73 Å². The Morgan fingerprint density at radius 3 is 2.11 bits per heavy atom. The van der Waals surface area contributed by atoms with Crippen molar-refractivity contribution in [1.82, 2.24) is 0 Å². The molecule has 3 heteroatoms. The third-order valence-electron chi connectivity index (χ3n) is 1.82. The molecule has 1 aliphatic rings. The Balaban J connectivity index is 0.000000640. The second kappa shape index (κ2) is 4.43. The van der Waals surface area contributed by atoms with Crippen LogP contribution in [0, 0.1) is 0 Å². The van der Waals surface area contributed by atoms with Gasteiger partial charge in [0.05, 0.1) is 0 Å². The summed E-state index contributed by atoms with van der Waals surface area (Å²) < 4.78 is 0. The molecule has 58 valence electrons. The van der Waals surface area contributed by atoms with Gasteiger partial charge in [-0.05, 0) is 12.5 Å². The van der Waals surface area contributed by atoms with Crippen LogP contribution in [0.3, 0.4) is 0 Å². The molecule has 0 saturated heterocycles. The Bertz CT molecular complexity index is 67.5. The van der Waals surface area contributed by atoms with E-state index in [0.29, 0.717) is 0 Å². The molecule has 0 bridgehead atoms. The molecule has 9 heavy (non-hydrogen) atoms. The van der Waals surface area contributed by atoms with Crippen molar-refractivity contribution in [3.05, 3.63) is 5.73 Å². The molecule has 0 spiro atoms. The van der Waals surface area contributed by atoms with E-state index in [1.54, 1.807) is 0 Å². The summed E-state index contributed by atoms with van der Waals surface area (Å²) in [5.41, 5.74) is 12.9. The van der Waals surface area contributed by atoms with Gasteiger partial charge in [0.15, 0.2) is 0 Å². The summed E-state index contributed by atoms with van der Waals surface area (Å²) >= 11 is 0. The first-order valence-electron chi connectivity index (χ1n) is 3.27. The average Bonchev–Trinajstić information content (AvgIpc) is 1.77. The molecule has 1 fully saturated rings. The zero-order chi connectivity index (χ0) is 5.98. The molecule has 3 N–H and O–H groups in total. The fourth-order valence-electron chi connectivity index (χ4n) is 1.16. The molecule has 0 radical (unpaired) electrons. The summed E-state index contributed by atoms with van der Waals surface area (Å²) in [6.45, 7) is 0. The number of hydrogen-bond acceptors (Lipinski definition) is 1.